The first-order valence-corrected chi connectivity index (χ1v) is 6.38. The van der Waals surface area contributed by atoms with Gasteiger partial charge in [0.25, 0.3) is 0 Å². The molecule has 0 saturated heterocycles. The van der Waals surface area contributed by atoms with Crippen LogP contribution in [0.1, 0.15) is 5.01 Å². The van der Waals surface area contributed by atoms with Gasteiger partial charge in [-0.1, -0.05) is 12.1 Å². The minimum Gasteiger partial charge on any atom is -0.480 e. The second-order valence-electron chi connectivity index (χ2n) is 3.23. The number of thiazole rings is 1. The van der Waals surface area contributed by atoms with Gasteiger partial charge >= 0.3 is 5.97 Å². The molecule has 1 unspecified atom stereocenters. The van der Waals surface area contributed by atoms with Gasteiger partial charge in [-0.3, -0.25) is 4.79 Å². The molecule has 94 valence electrons. The van der Waals surface area contributed by atoms with Crippen LogP contribution in [0.5, 0.6) is 0 Å². The number of para-hydroxylation sites is 1. The Bertz CT molecular complexity index is 544. The Morgan fingerprint density at radius 1 is 1.61 bits per heavy atom. The predicted molar refractivity (Wildman–Crippen MR) is 73.8 cm³/mol. The number of nitriles is 1. The highest BCUT2D eigenvalue weighted by Crippen LogP contribution is 2.20. The number of carboxylic acid groups (broad SMARTS) is 1. The maximum absolute atomic E-state index is 9.76. The molecule has 18 heavy (non-hydrogen) atoms. The molecular formula is C11H11N3O2S2. The zero-order chi connectivity index (χ0) is 13.5. The first-order chi connectivity index (χ1) is 8.58. The van der Waals surface area contributed by atoms with E-state index in [1.807, 2.05) is 30.3 Å². The van der Waals surface area contributed by atoms with Gasteiger partial charge in [-0.15, -0.1) is 11.3 Å². The molecule has 5 nitrogen and oxygen atoms in total. The molecule has 2 aromatic rings. The predicted octanol–water partition coefficient (Wildman–Crippen LogP) is 1.50. The molecule has 0 aliphatic carbocycles. The Labute approximate surface area is 113 Å². The fraction of sp³-hybridized carbons (Fsp3) is 0.182. The van der Waals surface area contributed by atoms with Gasteiger partial charge in [0.2, 0.25) is 0 Å². The zero-order valence-electron chi connectivity index (χ0n) is 9.28. The van der Waals surface area contributed by atoms with E-state index in [1.165, 1.54) is 11.3 Å². The van der Waals surface area contributed by atoms with Crippen molar-refractivity contribution in [3.63, 3.8) is 0 Å². The highest BCUT2D eigenvalue weighted by Gasteiger charge is 2.06. The van der Waals surface area contributed by atoms with E-state index in [0.717, 1.165) is 10.2 Å². The van der Waals surface area contributed by atoms with Crippen LogP contribution in [-0.4, -0.2) is 27.9 Å². The van der Waals surface area contributed by atoms with Crippen molar-refractivity contribution in [2.24, 2.45) is 5.73 Å². The Kier molecular flexibility index (Phi) is 5.58. The summed E-state index contributed by atoms with van der Waals surface area (Å²) >= 11 is 5.07. The number of nitrogens with two attached hydrogens (primary N) is 1. The fourth-order valence-electron chi connectivity index (χ4n) is 0.998. The molecule has 0 aliphatic heterocycles. The first-order valence-electron chi connectivity index (χ1n) is 4.93. The molecule has 0 radical (unpaired) electrons. The number of rotatable bonds is 2. The van der Waals surface area contributed by atoms with Crippen molar-refractivity contribution in [1.82, 2.24) is 4.98 Å². The van der Waals surface area contributed by atoms with Gasteiger partial charge in [0.15, 0.2) is 5.01 Å². The molecule has 0 spiro atoms. The third kappa shape index (κ3) is 4.00. The third-order valence-corrected chi connectivity index (χ3v) is 3.24. The number of aromatic nitrogens is 1. The Morgan fingerprint density at radius 2 is 2.28 bits per heavy atom. The summed E-state index contributed by atoms with van der Waals surface area (Å²) in [5.74, 6) is -0.815. The number of carbonyl (C=O) groups is 1. The van der Waals surface area contributed by atoms with Crippen LogP contribution in [0.15, 0.2) is 24.3 Å². The van der Waals surface area contributed by atoms with Crippen LogP contribution in [0.4, 0.5) is 0 Å². The average Bonchev–Trinajstić information content (AvgIpc) is 2.81. The molecule has 1 atom stereocenters. The number of carboxylic acids is 1. The standard InChI is InChI=1S/C8H4N2S.C3H7NO2S/c9-5-8-10-6-3-1-2-4-7(6)11-8;4-2(1-7)3(5)6/h1-4H;2,7H,1,4H2,(H,5,6). The minimum absolute atomic E-state index is 0.190. The Balaban J connectivity index is 0.000000203. The monoisotopic (exact) mass is 281 g/mol. The van der Waals surface area contributed by atoms with Gasteiger partial charge in [0, 0.05) is 5.75 Å². The summed E-state index contributed by atoms with van der Waals surface area (Å²) in [7, 11) is 0. The summed E-state index contributed by atoms with van der Waals surface area (Å²) < 4.78 is 1.07. The van der Waals surface area contributed by atoms with Gasteiger partial charge in [-0.25, -0.2) is 4.98 Å². The van der Waals surface area contributed by atoms with Crippen LogP contribution in [0, 0.1) is 11.3 Å². The van der Waals surface area contributed by atoms with Crippen LogP contribution in [-0.2, 0) is 4.79 Å². The Morgan fingerprint density at radius 3 is 2.72 bits per heavy atom. The average molecular weight is 281 g/mol. The molecule has 1 heterocycles. The molecule has 3 N–H and O–H groups in total. The van der Waals surface area contributed by atoms with E-state index in [2.05, 4.69) is 17.6 Å². The first kappa shape index (κ1) is 14.4. The SMILES string of the molecule is N#Cc1nc2ccccc2s1.NC(CS)C(=O)O. The summed E-state index contributed by atoms with van der Waals surface area (Å²) in [5.41, 5.74) is 5.85. The van der Waals surface area contributed by atoms with Crippen molar-refractivity contribution in [2.45, 2.75) is 6.04 Å². The highest BCUT2D eigenvalue weighted by molar-refractivity contribution is 7.80. The summed E-state index contributed by atoms with van der Waals surface area (Å²) in [6.07, 6.45) is 0. The minimum atomic E-state index is -1.00. The summed E-state index contributed by atoms with van der Waals surface area (Å²) in [6.45, 7) is 0. The van der Waals surface area contributed by atoms with Crippen molar-refractivity contribution in [3.8, 4) is 6.07 Å². The van der Waals surface area contributed by atoms with Crippen LogP contribution in [0.2, 0.25) is 0 Å². The summed E-state index contributed by atoms with van der Waals surface area (Å²) in [4.78, 5) is 13.8. The van der Waals surface area contributed by atoms with Gasteiger partial charge < -0.3 is 10.8 Å². The van der Waals surface area contributed by atoms with E-state index < -0.39 is 12.0 Å². The summed E-state index contributed by atoms with van der Waals surface area (Å²) in [6, 6.07) is 8.95. The smallest absolute Gasteiger partial charge is 0.321 e. The molecule has 2 rings (SSSR count). The highest BCUT2D eigenvalue weighted by atomic mass is 32.1. The van der Waals surface area contributed by atoms with Gasteiger partial charge in [0.05, 0.1) is 10.2 Å². The van der Waals surface area contributed by atoms with Crippen molar-refractivity contribution >= 4 is 40.2 Å². The largest absolute Gasteiger partial charge is 0.480 e. The van der Waals surface area contributed by atoms with Crippen LogP contribution in [0.25, 0.3) is 10.2 Å². The van der Waals surface area contributed by atoms with Crippen LogP contribution < -0.4 is 5.73 Å². The van der Waals surface area contributed by atoms with E-state index in [0.29, 0.717) is 5.01 Å². The topological polar surface area (TPSA) is 100 Å². The van der Waals surface area contributed by atoms with Crippen molar-refractivity contribution in [1.29, 1.82) is 5.26 Å². The third-order valence-electron chi connectivity index (χ3n) is 1.90. The second-order valence-corrected chi connectivity index (χ2v) is 4.62. The molecule has 0 bridgehead atoms. The number of thiol groups is 1. The quantitative estimate of drug-likeness (QED) is 0.724. The molecule has 0 fully saturated rings. The number of nitrogens with zero attached hydrogens (tertiary/aromatic N) is 2. The van der Waals surface area contributed by atoms with Gasteiger partial charge in [-0.2, -0.15) is 17.9 Å². The van der Waals surface area contributed by atoms with E-state index in [4.69, 9.17) is 16.1 Å². The second kappa shape index (κ2) is 6.96. The maximum Gasteiger partial charge on any atom is 0.321 e. The van der Waals surface area contributed by atoms with Gasteiger partial charge in [-0.05, 0) is 12.1 Å². The lowest BCUT2D eigenvalue weighted by Gasteiger charge is -1.96. The molecule has 7 heteroatoms. The molecule has 1 aromatic heterocycles. The fourth-order valence-corrected chi connectivity index (χ4v) is 1.92. The lowest BCUT2D eigenvalue weighted by atomic mass is 10.3. The molecule has 0 aliphatic rings. The number of fused-ring (bicyclic) bond motifs is 1. The summed E-state index contributed by atoms with van der Waals surface area (Å²) in [5, 5.41) is 17.1. The molecule has 0 amide bonds. The lowest BCUT2D eigenvalue weighted by molar-refractivity contribution is -0.137. The molecule has 0 saturated carbocycles. The van der Waals surface area contributed by atoms with Crippen molar-refractivity contribution in [2.75, 3.05) is 5.75 Å². The number of hydrogen-bond acceptors (Lipinski definition) is 6. The van der Waals surface area contributed by atoms with E-state index >= 15 is 0 Å². The number of aliphatic carboxylic acids is 1. The zero-order valence-corrected chi connectivity index (χ0v) is 11.0. The van der Waals surface area contributed by atoms with E-state index in [-0.39, 0.29) is 5.75 Å². The van der Waals surface area contributed by atoms with Crippen molar-refractivity contribution in [3.05, 3.63) is 29.3 Å². The van der Waals surface area contributed by atoms with Crippen LogP contribution >= 0.6 is 24.0 Å². The number of hydrogen-bond donors (Lipinski definition) is 3. The normalized spacial score (nSPS) is 11.2. The number of benzene rings is 1. The molecular weight excluding hydrogens is 270 g/mol. The van der Waals surface area contributed by atoms with E-state index in [1.54, 1.807) is 0 Å². The van der Waals surface area contributed by atoms with E-state index in [9.17, 15) is 4.79 Å². The maximum atomic E-state index is 9.76. The Hall–Kier alpha value is -1.62. The van der Waals surface area contributed by atoms with Gasteiger partial charge in [0.1, 0.15) is 12.1 Å². The molecule has 1 aromatic carbocycles. The lowest BCUT2D eigenvalue weighted by Crippen LogP contribution is -2.31. The van der Waals surface area contributed by atoms with Crippen LogP contribution in [0.3, 0.4) is 0 Å². The van der Waals surface area contributed by atoms with Crippen molar-refractivity contribution < 1.29 is 9.90 Å².